The first kappa shape index (κ1) is 11.4. The van der Waals surface area contributed by atoms with Gasteiger partial charge in [0, 0.05) is 12.5 Å². The second kappa shape index (κ2) is 4.42. The van der Waals surface area contributed by atoms with Gasteiger partial charge in [0.2, 0.25) is 15.9 Å². The Morgan fingerprint density at radius 2 is 2.00 bits per heavy atom. The number of carbonyl (C=O) groups excluding carboxylic acids is 1. The highest BCUT2D eigenvalue weighted by molar-refractivity contribution is 7.89. The zero-order valence-electron chi connectivity index (χ0n) is 7.20. The van der Waals surface area contributed by atoms with E-state index in [1.807, 2.05) is 0 Å². The molecule has 0 bridgehead atoms. The maximum atomic E-state index is 11.0. The quantitative estimate of drug-likeness (QED) is 0.599. The monoisotopic (exact) mass is 194 g/mol. The van der Waals surface area contributed by atoms with Crippen molar-refractivity contribution in [3.63, 3.8) is 0 Å². The van der Waals surface area contributed by atoms with Crippen molar-refractivity contribution in [2.45, 2.75) is 26.3 Å². The highest BCUT2D eigenvalue weighted by atomic mass is 32.2. The molecule has 6 heteroatoms. The summed E-state index contributed by atoms with van der Waals surface area (Å²) in [5.41, 5.74) is 4.80. The first-order chi connectivity index (χ1) is 5.33. The van der Waals surface area contributed by atoms with E-state index in [1.54, 1.807) is 13.8 Å². The summed E-state index contributed by atoms with van der Waals surface area (Å²) in [5.74, 6) is -0.843. The molecule has 0 aromatic carbocycles. The molecule has 0 aromatic heterocycles. The third-order valence-electron chi connectivity index (χ3n) is 1.03. The minimum absolute atomic E-state index is 0.137. The summed E-state index contributed by atoms with van der Waals surface area (Å²) in [4.78, 5) is 10.3. The molecule has 72 valence electrons. The van der Waals surface area contributed by atoms with Crippen LogP contribution in [0.5, 0.6) is 0 Å². The molecule has 0 aromatic rings. The summed E-state index contributed by atoms with van der Waals surface area (Å²) >= 11 is 0. The van der Waals surface area contributed by atoms with Crippen LogP contribution >= 0.6 is 0 Å². The number of carbonyl (C=O) groups is 1. The summed E-state index contributed by atoms with van der Waals surface area (Å²) in [6.45, 7) is 3.42. The lowest BCUT2D eigenvalue weighted by Gasteiger charge is -2.07. The van der Waals surface area contributed by atoms with Gasteiger partial charge in [-0.25, -0.2) is 13.1 Å². The number of nitrogens with two attached hydrogens (primary N) is 1. The first-order valence-electron chi connectivity index (χ1n) is 3.62. The average molecular weight is 194 g/mol. The molecule has 0 radical (unpaired) electrons. The molecule has 3 N–H and O–H groups in total. The average Bonchev–Trinajstić information content (AvgIpc) is 1.81. The SMILES string of the molecule is CC(C)NS(=O)(=O)CCC(N)=O. The largest absolute Gasteiger partial charge is 0.370 e. The third kappa shape index (κ3) is 6.11. The smallest absolute Gasteiger partial charge is 0.218 e. The minimum atomic E-state index is -3.33. The summed E-state index contributed by atoms with van der Waals surface area (Å²) in [5, 5.41) is 0. The Bertz CT molecular complexity index is 246. The van der Waals surface area contributed by atoms with Crippen LogP contribution in [0, 0.1) is 0 Å². The fraction of sp³-hybridized carbons (Fsp3) is 0.833. The Hall–Kier alpha value is -0.620. The lowest BCUT2D eigenvalue weighted by atomic mass is 10.4. The van der Waals surface area contributed by atoms with Crippen molar-refractivity contribution in [1.29, 1.82) is 0 Å². The van der Waals surface area contributed by atoms with Gasteiger partial charge in [-0.1, -0.05) is 0 Å². The third-order valence-corrected chi connectivity index (χ3v) is 2.60. The number of amides is 1. The van der Waals surface area contributed by atoms with Crippen LogP contribution in [0.1, 0.15) is 20.3 Å². The molecular weight excluding hydrogens is 180 g/mol. The molecule has 0 saturated heterocycles. The molecule has 0 atom stereocenters. The summed E-state index contributed by atoms with van der Waals surface area (Å²) in [7, 11) is -3.33. The molecule has 0 rings (SSSR count). The minimum Gasteiger partial charge on any atom is -0.370 e. The molecule has 0 aliphatic heterocycles. The second-order valence-corrected chi connectivity index (χ2v) is 4.68. The van der Waals surface area contributed by atoms with E-state index in [2.05, 4.69) is 4.72 Å². The number of hydrogen-bond acceptors (Lipinski definition) is 3. The lowest BCUT2D eigenvalue weighted by molar-refractivity contribution is -0.117. The lowest BCUT2D eigenvalue weighted by Crippen LogP contribution is -2.33. The number of rotatable bonds is 5. The number of primary amides is 1. The van der Waals surface area contributed by atoms with Gasteiger partial charge < -0.3 is 5.73 Å². The summed E-state index contributed by atoms with van der Waals surface area (Å²) in [6.07, 6.45) is -0.137. The molecule has 0 saturated carbocycles. The van der Waals surface area contributed by atoms with Crippen LogP contribution in [-0.2, 0) is 14.8 Å². The van der Waals surface area contributed by atoms with Crippen molar-refractivity contribution in [3.8, 4) is 0 Å². The molecule has 0 aliphatic carbocycles. The molecule has 1 amide bonds. The van der Waals surface area contributed by atoms with Gasteiger partial charge in [-0.2, -0.15) is 0 Å². The van der Waals surface area contributed by atoms with E-state index in [1.165, 1.54) is 0 Å². The van der Waals surface area contributed by atoms with E-state index in [-0.39, 0.29) is 18.2 Å². The van der Waals surface area contributed by atoms with E-state index < -0.39 is 15.9 Å². The highest BCUT2D eigenvalue weighted by Gasteiger charge is 2.12. The highest BCUT2D eigenvalue weighted by Crippen LogP contribution is 1.91. The maximum absolute atomic E-state index is 11.0. The van der Waals surface area contributed by atoms with Crippen LogP contribution in [0.25, 0.3) is 0 Å². The molecule has 5 nitrogen and oxygen atoms in total. The van der Waals surface area contributed by atoms with Crippen molar-refractivity contribution in [2.75, 3.05) is 5.75 Å². The molecular formula is C6H14N2O3S. The molecule has 0 unspecified atom stereocenters. The number of nitrogens with one attached hydrogen (secondary N) is 1. The number of hydrogen-bond donors (Lipinski definition) is 2. The summed E-state index contributed by atoms with van der Waals surface area (Å²) < 4.78 is 24.4. The van der Waals surface area contributed by atoms with Crippen LogP contribution in [0.3, 0.4) is 0 Å². The van der Waals surface area contributed by atoms with Gasteiger partial charge in [-0.3, -0.25) is 4.79 Å². The zero-order valence-corrected chi connectivity index (χ0v) is 8.02. The predicted molar refractivity (Wildman–Crippen MR) is 45.9 cm³/mol. The first-order valence-corrected chi connectivity index (χ1v) is 5.27. The molecule has 0 heterocycles. The van der Waals surface area contributed by atoms with Gasteiger partial charge in [-0.05, 0) is 13.8 Å². The van der Waals surface area contributed by atoms with Gasteiger partial charge in [-0.15, -0.1) is 0 Å². The van der Waals surface area contributed by atoms with Gasteiger partial charge >= 0.3 is 0 Å². The van der Waals surface area contributed by atoms with E-state index in [9.17, 15) is 13.2 Å². The van der Waals surface area contributed by atoms with E-state index in [0.717, 1.165) is 0 Å². The van der Waals surface area contributed by atoms with Crippen LogP contribution in [0.15, 0.2) is 0 Å². The van der Waals surface area contributed by atoms with E-state index in [0.29, 0.717) is 0 Å². The number of sulfonamides is 1. The fourth-order valence-corrected chi connectivity index (χ4v) is 1.96. The topological polar surface area (TPSA) is 89.3 Å². The standard InChI is InChI=1S/C6H14N2O3S/c1-5(2)8-12(10,11)4-3-6(7)9/h5,8H,3-4H2,1-2H3,(H2,7,9). The Labute approximate surface area is 72.4 Å². The normalized spacial score (nSPS) is 11.9. The van der Waals surface area contributed by atoms with Crippen molar-refractivity contribution in [3.05, 3.63) is 0 Å². The predicted octanol–water partition coefficient (Wildman–Crippen LogP) is -0.810. The van der Waals surface area contributed by atoms with Crippen molar-refractivity contribution < 1.29 is 13.2 Å². The second-order valence-electron chi connectivity index (χ2n) is 2.81. The zero-order chi connectivity index (χ0) is 9.78. The van der Waals surface area contributed by atoms with Gasteiger partial charge in [0.15, 0.2) is 0 Å². The molecule has 0 fully saturated rings. The Morgan fingerprint density at radius 1 is 1.50 bits per heavy atom. The van der Waals surface area contributed by atoms with Crippen molar-refractivity contribution >= 4 is 15.9 Å². The van der Waals surface area contributed by atoms with Crippen LogP contribution in [0.4, 0.5) is 0 Å². The van der Waals surface area contributed by atoms with Crippen LogP contribution < -0.4 is 10.5 Å². The molecule has 12 heavy (non-hydrogen) atoms. The Morgan fingerprint density at radius 3 is 2.33 bits per heavy atom. The van der Waals surface area contributed by atoms with E-state index >= 15 is 0 Å². The van der Waals surface area contributed by atoms with Crippen molar-refractivity contribution in [1.82, 2.24) is 4.72 Å². The van der Waals surface area contributed by atoms with Crippen LogP contribution in [-0.4, -0.2) is 26.1 Å². The molecule has 0 spiro atoms. The van der Waals surface area contributed by atoms with Gasteiger partial charge in [0.1, 0.15) is 0 Å². The summed E-state index contributed by atoms with van der Waals surface area (Å²) in [6, 6.07) is -0.150. The van der Waals surface area contributed by atoms with Crippen LogP contribution in [0.2, 0.25) is 0 Å². The van der Waals surface area contributed by atoms with E-state index in [4.69, 9.17) is 5.73 Å². The Kier molecular flexibility index (Phi) is 4.19. The van der Waals surface area contributed by atoms with Crippen molar-refractivity contribution in [2.24, 2.45) is 5.73 Å². The van der Waals surface area contributed by atoms with Gasteiger partial charge in [0.05, 0.1) is 5.75 Å². The fourth-order valence-electron chi connectivity index (χ4n) is 0.653. The van der Waals surface area contributed by atoms with Gasteiger partial charge in [0.25, 0.3) is 0 Å². The molecule has 0 aliphatic rings. The maximum Gasteiger partial charge on any atom is 0.218 e. The Balaban J connectivity index is 3.98.